The van der Waals surface area contributed by atoms with E-state index in [1.54, 1.807) is 12.1 Å². The largest absolute Gasteiger partial charge is 0.335 e. The van der Waals surface area contributed by atoms with Gasteiger partial charge in [0.1, 0.15) is 5.56 Å². The summed E-state index contributed by atoms with van der Waals surface area (Å²) < 4.78 is 0. The van der Waals surface area contributed by atoms with Gasteiger partial charge in [0.2, 0.25) is 0 Å². The highest BCUT2D eigenvalue weighted by Gasteiger charge is 2.38. The molecule has 1 aliphatic heterocycles. The van der Waals surface area contributed by atoms with Crippen molar-refractivity contribution in [1.82, 2.24) is 9.88 Å². The van der Waals surface area contributed by atoms with Gasteiger partial charge in [-0.3, -0.25) is 9.59 Å². The number of nitrogens with zero attached hydrogens (tertiary/aromatic N) is 1. The zero-order valence-electron chi connectivity index (χ0n) is 12.9. The van der Waals surface area contributed by atoms with E-state index in [1.165, 1.54) is 19.3 Å². The normalized spacial score (nSPS) is 29.0. The van der Waals surface area contributed by atoms with Gasteiger partial charge < -0.3 is 9.88 Å². The minimum atomic E-state index is -0.258. The molecule has 3 rings (SSSR count). The van der Waals surface area contributed by atoms with E-state index in [-0.39, 0.29) is 11.5 Å². The molecule has 21 heavy (non-hydrogen) atoms. The Kier molecular flexibility index (Phi) is 3.87. The maximum Gasteiger partial charge on any atom is 0.260 e. The number of piperidine rings is 1. The SMILES string of the molecule is Cc1ccc(C(=O)N2CCC[C@@H]3C[C@H](C)CC[C@H]32)c(=O)[nH]1. The van der Waals surface area contributed by atoms with E-state index < -0.39 is 0 Å². The third-order valence-corrected chi connectivity index (χ3v) is 5.13. The number of carbonyl (C=O) groups excluding carboxylic acids is 1. The smallest absolute Gasteiger partial charge is 0.260 e. The number of aryl methyl sites for hydroxylation is 1. The van der Waals surface area contributed by atoms with Gasteiger partial charge in [-0.25, -0.2) is 0 Å². The summed E-state index contributed by atoms with van der Waals surface area (Å²) in [6, 6.07) is 3.81. The Bertz CT molecular complexity index is 593. The first kappa shape index (κ1) is 14.4. The summed E-state index contributed by atoms with van der Waals surface area (Å²) in [6.45, 7) is 4.93. The van der Waals surface area contributed by atoms with Crippen LogP contribution in [0.2, 0.25) is 0 Å². The molecular weight excluding hydrogens is 264 g/mol. The van der Waals surface area contributed by atoms with Crippen LogP contribution >= 0.6 is 0 Å². The van der Waals surface area contributed by atoms with E-state index >= 15 is 0 Å². The predicted octanol–water partition coefficient (Wildman–Crippen LogP) is 2.72. The predicted molar refractivity (Wildman–Crippen MR) is 82.4 cm³/mol. The molecule has 0 radical (unpaired) electrons. The number of fused-ring (bicyclic) bond motifs is 1. The fourth-order valence-corrected chi connectivity index (χ4v) is 4.04. The number of hydrogen-bond acceptors (Lipinski definition) is 2. The molecular formula is C17H24N2O2. The second kappa shape index (κ2) is 5.66. The van der Waals surface area contributed by atoms with Crippen LogP contribution in [0.1, 0.15) is 55.1 Å². The number of rotatable bonds is 1. The van der Waals surface area contributed by atoms with E-state index in [0.717, 1.165) is 31.0 Å². The minimum absolute atomic E-state index is 0.0829. The van der Waals surface area contributed by atoms with Gasteiger partial charge in [-0.1, -0.05) is 6.92 Å². The lowest BCUT2D eigenvalue weighted by molar-refractivity contribution is 0.0320. The number of nitrogens with one attached hydrogen (secondary N) is 1. The molecule has 0 unspecified atom stereocenters. The first-order valence-electron chi connectivity index (χ1n) is 8.07. The summed E-state index contributed by atoms with van der Waals surface area (Å²) in [5.41, 5.74) is 0.825. The highest BCUT2D eigenvalue weighted by atomic mass is 16.2. The summed E-state index contributed by atoms with van der Waals surface area (Å²) in [6.07, 6.45) is 5.78. The Hall–Kier alpha value is -1.58. The van der Waals surface area contributed by atoms with Crippen LogP contribution in [0.25, 0.3) is 0 Å². The Balaban J connectivity index is 1.85. The molecule has 4 heteroatoms. The number of pyridine rings is 1. The second-order valence-corrected chi connectivity index (χ2v) is 6.77. The first-order valence-corrected chi connectivity index (χ1v) is 8.07. The van der Waals surface area contributed by atoms with Gasteiger partial charge in [0, 0.05) is 18.3 Å². The van der Waals surface area contributed by atoms with Crippen molar-refractivity contribution in [1.29, 1.82) is 0 Å². The molecule has 114 valence electrons. The van der Waals surface area contributed by atoms with E-state index in [0.29, 0.717) is 17.5 Å². The molecule has 3 atom stereocenters. The van der Waals surface area contributed by atoms with Crippen molar-refractivity contribution in [3.05, 3.63) is 33.7 Å². The molecule has 1 aliphatic carbocycles. The molecule has 1 N–H and O–H groups in total. The van der Waals surface area contributed by atoms with Gasteiger partial charge in [-0.15, -0.1) is 0 Å². The van der Waals surface area contributed by atoms with E-state index in [2.05, 4.69) is 11.9 Å². The number of hydrogen-bond donors (Lipinski definition) is 1. The summed E-state index contributed by atoms with van der Waals surface area (Å²) in [5.74, 6) is 1.31. The molecule has 2 aliphatic rings. The van der Waals surface area contributed by atoms with Crippen LogP contribution in [-0.2, 0) is 0 Å². The van der Waals surface area contributed by atoms with E-state index in [9.17, 15) is 9.59 Å². The molecule has 4 nitrogen and oxygen atoms in total. The van der Waals surface area contributed by atoms with Gasteiger partial charge in [0.05, 0.1) is 0 Å². The van der Waals surface area contributed by atoms with Crippen molar-refractivity contribution < 1.29 is 4.79 Å². The molecule has 1 saturated carbocycles. The van der Waals surface area contributed by atoms with Gasteiger partial charge in [0.15, 0.2) is 0 Å². The van der Waals surface area contributed by atoms with Crippen LogP contribution in [-0.4, -0.2) is 28.4 Å². The Morgan fingerprint density at radius 3 is 2.86 bits per heavy atom. The molecule has 1 amide bonds. The maximum absolute atomic E-state index is 12.8. The number of amides is 1. The monoisotopic (exact) mass is 288 g/mol. The number of carbonyl (C=O) groups is 1. The van der Waals surface area contributed by atoms with Crippen molar-refractivity contribution >= 4 is 5.91 Å². The van der Waals surface area contributed by atoms with Gasteiger partial charge in [-0.2, -0.15) is 0 Å². The highest BCUT2D eigenvalue weighted by Crippen LogP contribution is 2.38. The highest BCUT2D eigenvalue weighted by molar-refractivity contribution is 5.94. The lowest BCUT2D eigenvalue weighted by Gasteiger charge is -2.45. The van der Waals surface area contributed by atoms with Gasteiger partial charge >= 0.3 is 0 Å². The number of aromatic nitrogens is 1. The number of H-pyrrole nitrogens is 1. The lowest BCUT2D eigenvalue weighted by Crippen LogP contribution is -2.51. The molecule has 0 spiro atoms. The standard InChI is InChI=1S/C17H24N2O2/c1-11-5-8-15-13(10-11)4-3-9-19(15)17(21)14-7-6-12(2)18-16(14)20/h6-7,11,13,15H,3-5,8-10H2,1-2H3,(H,18,20)/t11-,13-,15-/m1/s1. The molecule has 1 saturated heterocycles. The zero-order chi connectivity index (χ0) is 15.0. The third-order valence-electron chi connectivity index (χ3n) is 5.13. The fraction of sp³-hybridized carbons (Fsp3) is 0.647. The van der Waals surface area contributed by atoms with E-state index in [4.69, 9.17) is 0 Å². The van der Waals surface area contributed by atoms with Crippen LogP contribution in [0.15, 0.2) is 16.9 Å². The number of likely N-dealkylation sites (tertiary alicyclic amines) is 1. The topological polar surface area (TPSA) is 53.2 Å². The van der Waals surface area contributed by atoms with Crippen LogP contribution in [0.5, 0.6) is 0 Å². The summed E-state index contributed by atoms with van der Waals surface area (Å²) in [5, 5.41) is 0. The van der Waals surface area contributed by atoms with Crippen molar-refractivity contribution in [3.63, 3.8) is 0 Å². The molecule has 1 aromatic rings. The van der Waals surface area contributed by atoms with Crippen molar-refractivity contribution in [2.75, 3.05) is 6.54 Å². The molecule has 2 fully saturated rings. The fourth-order valence-electron chi connectivity index (χ4n) is 4.04. The number of aromatic amines is 1. The Morgan fingerprint density at radius 2 is 2.10 bits per heavy atom. The average Bonchev–Trinajstić information content (AvgIpc) is 2.45. The summed E-state index contributed by atoms with van der Waals surface area (Å²) in [4.78, 5) is 29.5. The molecule has 0 aromatic carbocycles. The van der Waals surface area contributed by atoms with Crippen molar-refractivity contribution in [3.8, 4) is 0 Å². The van der Waals surface area contributed by atoms with Crippen LogP contribution in [0.3, 0.4) is 0 Å². The summed E-state index contributed by atoms with van der Waals surface area (Å²) >= 11 is 0. The average molecular weight is 288 g/mol. The minimum Gasteiger partial charge on any atom is -0.335 e. The lowest BCUT2D eigenvalue weighted by atomic mass is 9.74. The summed E-state index contributed by atoms with van der Waals surface area (Å²) in [7, 11) is 0. The Labute approximate surface area is 125 Å². The van der Waals surface area contributed by atoms with Crippen LogP contribution < -0.4 is 5.56 Å². The third kappa shape index (κ3) is 2.76. The van der Waals surface area contributed by atoms with Gasteiger partial charge in [-0.05, 0) is 63.0 Å². The first-order chi connectivity index (χ1) is 10.1. The quantitative estimate of drug-likeness (QED) is 0.864. The van der Waals surface area contributed by atoms with Crippen LogP contribution in [0.4, 0.5) is 0 Å². The van der Waals surface area contributed by atoms with E-state index in [1.807, 2.05) is 11.8 Å². The van der Waals surface area contributed by atoms with Crippen molar-refractivity contribution in [2.24, 2.45) is 11.8 Å². The second-order valence-electron chi connectivity index (χ2n) is 6.77. The molecule has 0 bridgehead atoms. The zero-order valence-corrected chi connectivity index (χ0v) is 12.9. The maximum atomic E-state index is 12.8. The molecule has 1 aromatic heterocycles. The van der Waals surface area contributed by atoms with Crippen LogP contribution in [0, 0.1) is 18.8 Å². The Morgan fingerprint density at radius 1 is 1.29 bits per heavy atom. The van der Waals surface area contributed by atoms with Gasteiger partial charge in [0.25, 0.3) is 11.5 Å². The molecule has 2 heterocycles. The van der Waals surface area contributed by atoms with Crippen molar-refractivity contribution in [2.45, 2.75) is 52.0 Å².